The second kappa shape index (κ2) is 10.8. The SMILES string of the molecule is c1ccc(-c2ccc(N(c3ccccc3-c3cccc4ccccc34)c3c4ccccc4cc4oc5ccccc5c34)cc2)cc1. The zero-order valence-electron chi connectivity index (χ0n) is 25.1. The quantitative estimate of drug-likeness (QED) is 0.199. The lowest BCUT2D eigenvalue weighted by Gasteiger charge is -2.30. The lowest BCUT2D eigenvalue weighted by Crippen LogP contribution is -2.12. The summed E-state index contributed by atoms with van der Waals surface area (Å²) in [5.74, 6) is 0. The lowest BCUT2D eigenvalue weighted by molar-refractivity contribution is 0.669. The fourth-order valence-electron chi connectivity index (χ4n) is 6.94. The Balaban J connectivity index is 1.39. The molecule has 8 aromatic carbocycles. The van der Waals surface area contributed by atoms with Gasteiger partial charge in [-0.25, -0.2) is 0 Å². The van der Waals surface area contributed by atoms with Gasteiger partial charge in [-0.3, -0.25) is 0 Å². The maximum absolute atomic E-state index is 6.55. The number of anilines is 3. The molecule has 0 aliphatic heterocycles. The summed E-state index contributed by atoms with van der Waals surface area (Å²) in [4.78, 5) is 2.44. The van der Waals surface area contributed by atoms with E-state index in [0.717, 1.165) is 44.4 Å². The van der Waals surface area contributed by atoms with Crippen LogP contribution in [0.4, 0.5) is 17.1 Å². The van der Waals surface area contributed by atoms with Crippen LogP contribution < -0.4 is 4.90 Å². The van der Waals surface area contributed by atoms with Gasteiger partial charge in [0.25, 0.3) is 0 Å². The topological polar surface area (TPSA) is 16.4 Å². The number of hydrogen-bond donors (Lipinski definition) is 0. The van der Waals surface area contributed by atoms with Crippen molar-refractivity contribution in [2.75, 3.05) is 4.90 Å². The molecule has 2 heteroatoms. The Morgan fingerprint density at radius 3 is 1.85 bits per heavy atom. The first-order valence-electron chi connectivity index (χ1n) is 15.7. The molecular weight excluding hydrogens is 558 g/mol. The Bertz CT molecular complexity index is 2520. The van der Waals surface area contributed by atoms with Gasteiger partial charge in [0.2, 0.25) is 0 Å². The zero-order valence-corrected chi connectivity index (χ0v) is 25.1. The van der Waals surface area contributed by atoms with Crippen molar-refractivity contribution >= 4 is 60.5 Å². The van der Waals surface area contributed by atoms with E-state index in [1.54, 1.807) is 0 Å². The summed E-state index contributed by atoms with van der Waals surface area (Å²) < 4.78 is 6.55. The molecule has 0 saturated heterocycles. The summed E-state index contributed by atoms with van der Waals surface area (Å²) >= 11 is 0. The molecule has 0 bridgehead atoms. The largest absolute Gasteiger partial charge is 0.456 e. The van der Waals surface area contributed by atoms with Gasteiger partial charge in [0.05, 0.1) is 16.8 Å². The van der Waals surface area contributed by atoms with Gasteiger partial charge in [0.15, 0.2) is 0 Å². The number of rotatable bonds is 5. The Labute approximate surface area is 267 Å². The van der Waals surface area contributed by atoms with Crippen molar-refractivity contribution in [1.29, 1.82) is 0 Å². The first kappa shape index (κ1) is 26.3. The van der Waals surface area contributed by atoms with Crippen molar-refractivity contribution in [2.24, 2.45) is 0 Å². The maximum atomic E-state index is 6.55. The number of fused-ring (bicyclic) bond motifs is 5. The van der Waals surface area contributed by atoms with E-state index >= 15 is 0 Å². The molecule has 0 N–H and O–H groups in total. The van der Waals surface area contributed by atoms with E-state index < -0.39 is 0 Å². The Morgan fingerprint density at radius 1 is 0.391 bits per heavy atom. The molecule has 0 spiro atoms. The molecule has 0 amide bonds. The molecule has 0 aliphatic rings. The number of furan rings is 1. The second-order valence-corrected chi connectivity index (χ2v) is 11.7. The third-order valence-electron chi connectivity index (χ3n) is 9.04. The summed E-state index contributed by atoms with van der Waals surface area (Å²) in [7, 11) is 0. The fourth-order valence-corrected chi connectivity index (χ4v) is 6.94. The summed E-state index contributed by atoms with van der Waals surface area (Å²) in [6.45, 7) is 0. The standard InChI is InChI=1S/C44H29NO/c1-2-13-30(14-3-1)31-25-27-34(28-26-31)45(40-23-10-8-20-38(40)37-22-12-17-32-15-4-6-18-35(32)37)44-36-19-7-5-16-33(36)29-42-43(44)39-21-9-11-24-41(39)46-42/h1-29H. The minimum Gasteiger partial charge on any atom is -0.456 e. The first-order valence-corrected chi connectivity index (χ1v) is 15.7. The smallest absolute Gasteiger partial charge is 0.138 e. The zero-order chi connectivity index (χ0) is 30.5. The highest BCUT2D eigenvalue weighted by Gasteiger charge is 2.25. The third kappa shape index (κ3) is 4.27. The van der Waals surface area contributed by atoms with Gasteiger partial charge in [-0.05, 0) is 63.2 Å². The second-order valence-electron chi connectivity index (χ2n) is 11.7. The highest BCUT2D eigenvalue weighted by Crippen LogP contribution is 2.49. The van der Waals surface area contributed by atoms with Gasteiger partial charge < -0.3 is 9.32 Å². The molecular formula is C44H29NO. The van der Waals surface area contributed by atoms with Crippen molar-refractivity contribution in [3.63, 3.8) is 0 Å². The number of nitrogens with zero attached hydrogens (tertiary/aromatic N) is 1. The monoisotopic (exact) mass is 587 g/mol. The summed E-state index contributed by atoms with van der Waals surface area (Å²) in [5.41, 5.74) is 9.81. The van der Waals surface area contributed by atoms with Crippen LogP contribution in [0.3, 0.4) is 0 Å². The average Bonchev–Trinajstić information content (AvgIpc) is 3.50. The summed E-state index contributed by atoms with van der Waals surface area (Å²) in [5, 5.41) is 6.97. The molecule has 1 aromatic heterocycles. The molecule has 46 heavy (non-hydrogen) atoms. The van der Waals surface area contributed by atoms with E-state index in [0.29, 0.717) is 0 Å². The molecule has 1 heterocycles. The van der Waals surface area contributed by atoms with Crippen LogP contribution in [0.15, 0.2) is 180 Å². The van der Waals surface area contributed by atoms with E-state index in [1.165, 1.54) is 38.4 Å². The summed E-state index contributed by atoms with van der Waals surface area (Å²) in [6, 6.07) is 62.7. The van der Waals surface area contributed by atoms with Gasteiger partial charge in [0, 0.05) is 22.0 Å². The predicted octanol–water partition coefficient (Wildman–Crippen LogP) is 12.7. The van der Waals surface area contributed by atoms with E-state index in [-0.39, 0.29) is 0 Å². The van der Waals surface area contributed by atoms with Crippen molar-refractivity contribution in [3.8, 4) is 22.3 Å². The van der Waals surface area contributed by atoms with Gasteiger partial charge in [-0.1, -0.05) is 146 Å². The molecule has 0 unspecified atom stereocenters. The van der Waals surface area contributed by atoms with Gasteiger partial charge >= 0.3 is 0 Å². The molecule has 9 rings (SSSR count). The summed E-state index contributed by atoms with van der Waals surface area (Å²) in [6.07, 6.45) is 0. The molecule has 0 fully saturated rings. The number of hydrogen-bond acceptors (Lipinski definition) is 2. The normalized spacial score (nSPS) is 11.5. The van der Waals surface area contributed by atoms with Crippen molar-refractivity contribution in [3.05, 3.63) is 176 Å². The van der Waals surface area contributed by atoms with Crippen LogP contribution in [-0.2, 0) is 0 Å². The lowest BCUT2D eigenvalue weighted by atomic mass is 9.95. The number of para-hydroxylation sites is 2. The maximum Gasteiger partial charge on any atom is 0.138 e. The predicted molar refractivity (Wildman–Crippen MR) is 194 cm³/mol. The molecule has 0 radical (unpaired) electrons. The number of benzene rings is 8. The van der Waals surface area contributed by atoms with Crippen molar-refractivity contribution in [1.82, 2.24) is 0 Å². The van der Waals surface area contributed by atoms with Crippen LogP contribution >= 0.6 is 0 Å². The highest BCUT2D eigenvalue weighted by molar-refractivity contribution is 6.22. The van der Waals surface area contributed by atoms with E-state index in [4.69, 9.17) is 4.42 Å². The molecule has 0 atom stereocenters. The van der Waals surface area contributed by atoms with E-state index in [1.807, 2.05) is 6.07 Å². The van der Waals surface area contributed by atoms with E-state index in [2.05, 4.69) is 175 Å². The fraction of sp³-hybridized carbons (Fsp3) is 0. The van der Waals surface area contributed by atoms with Crippen LogP contribution in [0.2, 0.25) is 0 Å². The van der Waals surface area contributed by atoms with Gasteiger partial charge in [0.1, 0.15) is 11.2 Å². The van der Waals surface area contributed by atoms with Crippen LogP contribution in [0.5, 0.6) is 0 Å². The Kier molecular flexibility index (Phi) is 6.17. The Morgan fingerprint density at radius 2 is 1.00 bits per heavy atom. The molecule has 9 aromatic rings. The van der Waals surface area contributed by atoms with Crippen molar-refractivity contribution in [2.45, 2.75) is 0 Å². The third-order valence-corrected chi connectivity index (χ3v) is 9.04. The highest BCUT2D eigenvalue weighted by atomic mass is 16.3. The molecule has 0 aliphatic carbocycles. The van der Waals surface area contributed by atoms with Crippen LogP contribution in [0.25, 0.3) is 65.7 Å². The van der Waals surface area contributed by atoms with Crippen LogP contribution in [0, 0.1) is 0 Å². The molecule has 216 valence electrons. The average molecular weight is 588 g/mol. The molecule has 0 saturated carbocycles. The minimum absolute atomic E-state index is 0.878. The van der Waals surface area contributed by atoms with Crippen LogP contribution in [0.1, 0.15) is 0 Å². The van der Waals surface area contributed by atoms with Crippen molar-refractivity contribution < 1.29 is 4.42 Å². The minimum atomic E-state index is 0.878. The Hall–Kier alpha value is -6.12. The van der Waals surface area contributed by atoms with Crippen LogP contribution in [-0.4, -0.2) is 0 Å². The van der Waals surface area contributed by atoms with E-state index in [9.17, 15) is 0 Å². The first-order chi connectivity index (χ1) is 22.8. The van der Waals surface area contributed by atoms with Gasteiger partial charge in [-0.2, -0.15) is 0 Å². The molecule has 2 nitrogen and oxygen atoms in total. The van der Waals surface area contributed by atoms with Gasteiger partial charge in [-0.15, -0.1) is 0 Å².